The van der Waals surface area contributed by atoms with Crippen molar-refractivity contribution < 1.29 is 0 Å². The van der Waals surface area contributed by atoms with Crippen molar-refractivity contribution in [1.82, 2.24) is 19.6 Å². The molecule has 5 nitrogen and oxygen atoms in total. The molecule has 0 atom stereocenters. The van der Waals surface area contributed by atoms with E-state index in [1.54, 1.807) is 21.6 Å². The first-order chi connectivity index (χ1) is 10.6. The average Bonchev–Trinajstić information content (AvgIpc) is 3.02. The number of halogens is 2. The molecule has 0 N–H and O–H groups in total. The van der Waals surface area contributed by atoms with Crippen LogP contribution in [-0.2, 0) is 13.6 Å². The second-order valence-corrected chi connectivity index (χ2v) is 5.98. The van der Waals surface area contributed by atoms with E-state index in [0.717, 1.165) is 21.3 Å². The molecular formula is C15H11BrClN5. The summed E-state index contributed by atoms with van der Waals surface area (Å²) < 4.78 is 4.32. The molecule has 3 aromatic rings. The predicted octanol–water partition coefficient (Wildman–Crippen LogP) is 3.62. The third-order valence-corrected chi connectivity index (χ3v) is 4.20. The zero-order valence-electron chi connectivity index (χ0n) is 11.7. The molecule has 7 heteroatoms. The van der Waals surface area contributed by atoms with E-state index in [1.165, 1.54) is 0 Å². The van der Waals surface area contributed by atoms with E-state index >= 15 is 0 Å². The van der Waals surface area contributed by atoms with E-state index in [-0.39, 0.29) is 0 Å². The summed E-state index contributed by atoms with van der Waals surface area (Å²) in [5.74, 6) is 0. The maximum atomic E-state index is 9.16. The van der Waals surface area contributed by atoms with Gasteiger partial charge in [-0.3, -0.25) is 9.36 Å². The molecule has 0 amide bonds. The topological polar surface area (TPSA) is 59.4 Å². The summed E-state index contributed by atoms with van der Waals surface area (Å²) in [4.78, 5) is 0. The standard InChI is InChI=1S/C15H11BrClN5/c1-21-14(13(16)7-19-21)12-9-22(20-15(12)17)8-11-5-3-2-4-10(11)6-18/h2-5,7,9H,8H2,1H3. The normalized spacial score (nSPS) is 10.6. The van der Waals surface area contributed by atoms with Gasteiger partial charge in [0.1, 0.15) is 0 Å². The number of aryl methyl sites for hydroxylation is 1. The molecule has 0 saturated heterocycles. The van der Waals surface area contributed by atoms with Crippen molar-refractivity contribution in [2.75, 3.05) is 0 Å². The molecule has 0 unspecified atom stereocenters. The monoisotopic (exact) mass is 375 g/mol. The van der Waals surface area contributed by atoms with Gasteiger partial charge in [-0.2, -0.15) is 15.5 Å². The van der Waals surface area contributed by atoms with Crippen LogP contribution in [0.2, 0.25) is 5.15 Å². The summed E-state index contributed by atoms with van der Waals surface area (Å²) in [5.41, 5.74) is 3.20. The molecule has 0 fully saturated rings. The van der Waals surface area contributed by atoms with Crippen LogP contribution >= 0.6 is 27.5 Å². The Balaban J connectivity index is 1.99. The summed E-state index contributed by atoms with van der Waals surface area (Å²) in [7, 11) is 1.85. The van der Waals surface area contributed by atoms with Gasteiger partial charge in [-0.05, 0) is 27.6 Å². The Hall–Kier alpha value is -2.10. The van der Waals surface area contributed by atoms with Crippen molar-refractivity contribution in [3.63, 3.8) is 0 Å². The van der Waals surface area contributed by atoms with Gasteiger partial charge in [0, 0.05) is 13.2 Å². The number of hydrogen-bond donors (Lipinski definition) is 0. The Morgan fingerprint density at radius 1 is 1.36 bits per heavy atom. The third kappa shape index (κ3) is 2.65. The quantitative estimate of drug-likeness (QED) is 0.701. The molecule has 0 aliphatic carbocycles. The van der Waals surface area contributed by atoms with Gasteiger partial charge >= 0.3 is 0 Å². The van der Waals surface area contributed by atoms with Crippen molar-refractivity contribution in [2.45, 2.75) is 6.54 Å². The van der Waals surface area contributed by atoms with E-state index in [4.69, 9.17) is 16.9 Å². The minimum absolute atomic E-state index is 0.402. The fraction of sp³-hybridized carbons (Fsp3) is 0.133. The molecule has 22 heavy (non-hydrogen) atoms. The lowest BCUT2D eigenvalue weighted by molar-refractivity contribution is 0.686. The summed E-state index contributed by atoms with van der Waals surface area (Å²) in [5, 5.41) is 18.1. The van der Waals surface area contributed by atoms with E-state index in [0.29, 0.717) is 17.3 Å². The number of benzene rings is 1. The molecule has 110 valence electrons. The maximum absolute atomic E-state index is 9.16. The van der Waals surface area contributed by atoms with Crippen LogP contribution in [0.4, 0.5) is 0 Å². The second kappa shape index (κ2) is 5.95. The minimum atomic E-state index is 0.402. The van der Waals surface area contributed by atoms with E-state index < -0.39 is 0 Å². The number of rotatable bonds is 3. The summed E-state index contributed by atoms with van der Waals surface area (Å²) >= 11 is 9.73. The lowest BCUT2D eigenvalue weighted by Crippen LogP contribution is -2.02. The smallest absolute Gasteiger partial charge is 0.160 e. The highest BCUT2D eigenvalue weighted by atomic mass is 79.9. The van der Waals surface area contributed by atoms with Crippen molar-refractivity contribution in [2.24, 2.45) is 7.05 Å². The van der Waals surface area contributed by atoms with Gasteiger partial charge in [-0.1, -0.05) is 29.8 Å². The molecule has 2 aromatic heterocycles. The molecule has 2 heterocycles. The molecule has 3 rings (SSSR count). The van der Waals surface area contributed by atoms with Gasteiger partial charge in [0.25, 0.3) is 0 Å². The number of nitriles is 1. The predicted molar refractivity (Wildman–Crippen MR) is 87.4 cm³/mol. The number of aromatic nitrogens is 4. The molecule has 0 spiro atoms. The Morgan fingerprint density at radius 2 is 2.14 bits per heavy atom. The van der Waals surface area contributed by atoms with Crippen molar-refractivity contribution in [3.8, 4) is 17.3 Å². The van der Waals surface area contributed by atoms with Crippen LogP contribution in [0.1, 0.15) is 11.1 Å². The van der Waals surface area contributed by atoms with Crippen LogP contribution in [0.15, 0.2) is 41.1 Å². The molecule has 0 radical (unpaired) electrons. The van der Waals surface area contributed by atoms with Crippen LogP contribution < -0.4 is 0 Å². The zero-order chi connectivity index (χ0) is 15.7. The Morgan fingerprint density at radius 3 is 2.82 bits per heavy atom. The first-order valence-electron chi connectivity index (χ1n) is 6.49. The maximum Gasteiger partial charge on any atom is 0.160 e. The van der Waals surface area contributed by atoms with Crippen LogP contribution in [0, 0.1) is 11.3 Å². The van der Waals surface area contributed by atoms with Crippen LogP contribution in [0.5, 0.6) is 0 Å². The van der Waals surface area contributed by atoms with Crippen LogP contribution in [0.25, 0.3) is 11.3 Å². The van der Waals surface area contributed by atoms with Crippen molar-refractivity contribution in [1.29, 1.82) is 5.26 Å². The van der Waals surface area contributed by atoms with Crippen molar-refractivity contribution >= 4 is 27.5 Å². The van der Waals surface area contributed by atoms with Gasteiger partial charge in [0.2, 0.25) is 0 Å². The molecule has 1 aromatic carbocycles. The van der Waals surface area contributed by atoms with Crippen LogP contribution in [0.3, 0.4) is 0 Å². The number of nitrogens with zero attached hydrogens (tertiary/aromatic N) is 5. The fourth-order valence-corrected chi connectivity index (χ4v) is 3.09. The highest BCUT2D eigenvalue weighted by Crippen LogP contribution is 2.32. The molecule has 0 aliphatic rings. The Labute approximate surface area is 140 Å². The van der Waals surface area contributed by atoms with Crippen molar-refractivity contribution in [3.05, 3.63) is 57.4 Å². The van der Waals surface area contributed by atoms with Gasteiger partial charge in [-0.25, -0.2) is 0 Å². The Bertz CT molecular complexity index is 855. The molecular weight excluding hydrogens is 366 g/mol. The van der Waals surface area contributed by atoms with Gasteiger partial charge in [0.15, 0.2) is 5.15 Å². The number of hydrogen-bond acceptors (Lipinski definition) is 3. The van der Waals surface area contributed by atoms with Gasteiger partial charge in [-0.15, -0.1) is 0 Å². The van der Waals surface area contributed by atoms with E-state index in [1.807, 2.05) is 31.4 Å². The third-order valence-electron chi connectivity index (χ3n) is 3.34. The minimum Gasteiger partial charge on any atom is -0.267 e. The lowest BCUT2D eigenvalue weighted by atomic mass is 10.1. The largest absolute Gasteiger partial charge is 0.267 e. The van der Waals surface area contributed by atoms with Gasteiger partial charge < -0.3 is 0 Å². The van der Waals surface area contributed by atoms with Crippen LogP contribution in [-0.4, -0.2) is 19.6 Å². The average molecular weight is 377 g/mol. The first-order valence-corrected chi connectivity index (χ1v) is 7.66. The zero-order valence-corrected chi connectivity index (χ0v) is 14.0. The lowest BCUT2D eigenvalue weighted by Gasteiger charge is -2.03. The SMILES string of the molecule is Cn1ncc(Br)c1-c1cn(Cc2ccccc2C#N)nc1Cl. The second-order valence-electron chi connectivity index (χ2n) is 4.76. The highest BCUT2D eigenvalue weighted by molar-refractivity contribution is 9.10. The van der Waals surface area contributed by atoms with E-state index in [9.17, 15) is 0 Å². The highest BCUT2D eigenvalue weighted by Gasteiger charge is 2.16. The summed E-state index contributed by atoms with van der Waals surface area (Å²) in [6, 6.07) is 9.63. The van der Waals surface area contributed by atoms with E-state index in [2.05, 4.69) is 32.2 Å². The molecule has 0 saturated carbocycles. The first kappa shape index (κ1) is 14.8. The summed E-state index contributed by atoms with van der Waals surface area (Å²) in [6.07, 6.45) is 3.58. The van der Waals surface area contributed by atoms with Gasteiger partial charge in [0.05, 0.1) is 40.1 Å². The Kier molecular flexibility index (Phi) is 4.01. The molecule has 0 bridgehead atoms. The molecule has 0 aliphatic heterocycles. The summed E-state index contributed by atoms with van der Waals surface area (Å²) in [6.45, 7) is 0.485. The fourth-order valence-electron chi connectivity index (χ4n) is 2.29.